The lowest BCUT2D eigenvalue weighted by Crippen LogP contribution is -2.41. The van der Waals surface area contributed by atoms with E-state index in [-0.39, 0.29) is 11.9 Å². The molecule has 112 valence electrons. The maximum atomic E-state index is 11.7. The van der Waals surface area contributed by atoms with Crippen molar-refractivity contribution in [3.8, 4) is 5.75 Å². The quantitative estimate of drug-likeness (QED) is 0.743. The fraction of sp³-hybridized carbons (Fsp3) is 0.562. The number of nitrogens with one attached hydrogen (secondary N) is 1. The summed E-state index contributed by atoms with van der Waals surface area (Å²) in [6, 6.07) is 7.84. The van der Waals surface area contributed by atoms with Gasteiger partial charge in [0, 0.05) is 20.6 Å². The minimum absolute atomic E-state index is 0.0875. The van der Waals surface area contributed by atoms with E-state index in [1.807, 2.05) is 31.2 Å². The van der Waals surface area contributed by atoms with Gasteiger partial charge in [-0.05, 0) is 31.0 Å². The Balaban J connectivity index is 2.39. The van der Waals surface area contributed by atoms with Crippen molar-refractivity contribution in [3.63, 3.8) is 0 Å². The molecule has 1 atom stereocenters. The van der Waals surface area contributed by atoms with Crippen LogP contribution in [0.1, 0.15) is 32.3 Å². The van der Waals surface area contributed by atoms with Crippen LogP contribution in [0.15, 0.2) is 24.3 Å². The Morgan fingerprint density at radius 1 is 1.30 bits per heavy atom. The molecule has 0 aliphatic rings. The van der Waals surface area contributed by atoms with E-state index in [2.05, 4.69) is 12.2 Å². The van der Waals surface area contributed by atoms with Gasteiger partial charge in [-0.3, -0.25) is 4.79 Å². The molecule has 0 spiro atoms. The zero-order valence-corrected chi connectivity index (χ0v) is 13.0. The summed E-state index contributed by atoms with van der Waals surface area (Å²) in [5.41, 5.74) is 1.14. The minimum Gasteiger partial charge on any atom is -0.494 e. The van der Waals surface area contributed by atoms with Gasteiger partial charge in [-0.15, -0.1) is 0 Å². The molecule has 0 fully saturated rings. The second-order valence-corrected chi connectivity index (χ2v) is 5.18. The number of nitrogens with zero attached hydrogens (tertiary/aromatic N) is 1. The second kappa shape index (κ2) is 8.59. The summed E-state index contributed by atoms with van der Waals surface area (Å²) in [7, 11) is 3.53. The number of benzene rings is 1. The zero-order valence-electron chi connectivity index (χ0n) is 13.0. The van der Waals surface area contributed by atoms with E-state index in [1.165, 1.54) is 0 Å². The van der Waals surface area contributed by atoms with Gasteiger partial charge in [0.25, 0.3) is 0 Å². The van der Waals surface area contributed by atoms with E-state index in [0.29, 0.717) is 6.54 Å². The number of rotatable bonds is 8. The Bertz CT molecular complexity index is 401. The molecule has 0 aliphatic carbocycles. The van der Waals surface area contributed by atoms with Crippen LogP contribution in [0.25, 0.3) is 0 Å². The molecule has 0 saturated heterocycles. The molecular weight excluding hydrogens is 252 g/mol. The van der Waals surface area contributed by atoms with Crippen molar-refractivity contribution in [1.29, 1.82) is 0 Å². The van der Waals surface area contributed by atoms with Crippen molar-refractivity contribution in [2.75, 3.05) is 20.7 Å². The van der Waals surface area contributed by atoms with Gasteiger partial charge in [-0.1, -0.05) is 25.5 Å². The number of carbonyl (C=O) groups excluding carboxylic acids is 1. The first-order valence-electron chi connectivity index (χ1n) is 7.21. The predicted molar refractivity (Wildman–Crippen MR) is 81.8 cm³/mol. The lowest BCUT2D eigenvalue weighted by molar-refractivity contribution is -0.130. The molecule has 4 heteroatoms. The fourth-order valence-electron chi connectivity index (χ4n) is 1.78. The molecule has 1 aromatic carbocycles. The lowest BCUT2D eigenvalue weighted by atomic mass is 10.2. The number of ether oxygens (including phenoxy) is 1. The fourth-order valence-corrected chi connectivity index (χ4v) is 1.78. The third kappa shape index (κ3) is 5.61. The Hall–Kier alpha value is -1.55. The SMILES string of the molecule is CCCCOc1ccc(CNC(C)C(=O)N(C)C)cc1. The highest BCUT2D eigenvalue weighted by Gasteiger charge is 2.13. The van der Waals surface area contributed by atoms with Crippen LogP contribution < -0.4 is 10.1 Å². The second-order valence-electron chi connectivity index (χ2n) is 5.18. The van der Waals surface area contributed by atoms with E-state index in [4.69, 9.17) is 4.74 Å². The number of hydrogen-bond acceptors (Lipinski definition) is 3. The van der Waals surface area contributed by atoms with Crippen LogP contribution in [0.3, 0.4) is 0 Å². The Kier molecular flexibility index (Phi) is 7.09. The molecule has 0 saturated carbocycles. The van der Waals surface area contributed by atoms with Crippen LogP contribution in [0, 0.1) is 0 Å². The van der Waals surface area contributed by atoms with Crippen LogP contribution in [-0.2, 0) is 11.3 Å². The maximum Gasteiger partial charge on any atom is 0.238 e. The summed E-state index contributed by atoms with van der Waals surface area (Å²) >= 11 is 0. The number of amides is 1. The van der Waals surface area contributed by atoms with Gasteiger partial charge in [0.15, 0.2) is 0 Å². The molecule has 20 heavy (non-hydrogen) atoms. The summed E-state index contributed by atoms with van der Waals surface area (Å²) < 4.78 is 5.62. The normalized spacial score (nSPS) is 12.0. The van der Waals surface area contributed by atoms with E-state index in [0.717, 1.165) is 30.8 Å². The van der Waals surface area contributed by atoms with Crippen molar-refractivity contribution in [3.05, 3.63) is 29.8 Å². The summed E-state index contributed by atoms with van der Waals surface area (Å²) in [5.74, 6) is 0.990. The zero-order chi connectivity index (χ0) is 15.0. The van der Waals surface area contributed by atoms with Crippen molar-refractivity contribution in [2.45, 2.75) is 39.3 Å². The van der Waals surface area contributed by atoms with Gasteiger partial charge in [-0.2, -0.15) is 0 Å². The molecular formula is C16H26N2O2. The summed E-state index contributed by atoms with van der Waals surface area (Å²) in [4.78, 5) is 13.3. The molecule has 0 heterocycles. The highest BCUT2D eigenvalue weighted by Crippen LogP contribution is 2.12. The molecule has 0 aliphatic heterocycles. The van der Waals surface area contributed by atoms with Gasteiger partial charge < -0.3 is 15.0 Å². The molecule has 4 nitrogen and oxygen atoms in total. The molecule has 1 amide bonds. The van der Waals surface area contributed by atoms with Gasteiger partial charge in [0.05, 0.1) is 12.6 Å². The standard InChI is InChI=1S/C16H26N2O2/c1-5-6-11-20-15-9-7-14(8-10-15)12-17-13(2)16(19)18(3)4/h7-10,13,17H,5-6,11-12H2,1-4H3. The van der Waals surface area contributed by atoms with Crippen LogP contribution >= 0.6 is 0 Å². The number of carbonyl (C=O) groups is 1. The number of likely N-dealkylation sites (N-methyl/N-ethyl adjacent to an activating group) is 1. The first-order valence-corrected chi connectivity index (χ1v) is 7.21. The van der Waals surface area contributed by atoms with E-state index >= 15 is 0 Å². The molecule has 1 rings (SSSR count). The molecule has 1 aromatic rings. The highest BCUT2D eigenvalue weighted by atomic mass is 16.5. The topological polar surface area (TPSA) is 41.6 Å². The Morgan fingerprint density at radius 2 is 1.95 bits per heavy atom. The van der Waals surface area contributed by atoms with E-state index in [1.54, 1.807) is 19.0 Å². The van der Waals surface area contributed by atoms with Crippen LogP contribution in [-0.4, -0.2) is 37.6 Å². The van der Waals surface area contributed by atoms with Crippen molar-refractivity contribution in [2.24, 2.45) is 0 Å². The Morgan fingerprint density at radius 3 is 2.50 bits per heavy atom. The predicted octanol–water partition coefficient (Wildman–Crippen LogP) is 2.43. The smallest absolute Gasteiger partial charge is 0.238 e. The third-order valence-electron chi connectivity index (χ3n) is 3.11. The van der Waals surface area contributed by atoms with Crippen molar-refractivity contribution >= 4 is 5.91 Å². The van der Waals surface area contributed by atoms with E-state index < -0.39 is 0 Å². The van der Waals surface area contributed by atoms with Crippen LogP contribution in [0.2, 0.25) is 0 Å². The van der Waals surface area contributed by atoms with Gasteiger partial charge in [-0.25, -0.2) is 0 Å². The molecule has 1 N–H and O–H groups in total. The lowest BCUT2D eigenvalue weighted by Gasteiger charge is -2.18. The number of hydrogen-bond donors (Lipinski definition) is 1. The van der Waals surface area contributed by atoms with Crippen molar-refractivity contribution < 1.29 is 9.53 Å². The van der Waals surface area contributed by atoms with Gasteiger partial charge in [0.1, 0.15) is 5.75 Å². The molecule has 0 aromatic heterocycles. The highest BCUT2D eigenvalue weighted by molar-refractivity contribution is 5.80. The average Bonchev–Trinajstić information content (AvgIpc) is 2.45. The van der Waals surface area contributed by atoms with Crippen LogP contribution in [0.4, 0.5) is 0 Å². The summed E-state index contributed by atoms with van der Waals surface area (Å²) in [5, 5.41) is 3.22. The van der Waals surface area contributed by atoms with Crippen molar-refractivity contribution in [1.82, 2.24) is 10.2 Å². The van der Waals surface area contributed by atoms with E-state index in [9.17, 15) is 4.79 Å². The maximum absolute atomic E-state index is 11.7. The monoisotopic (exact) mass is 278 g/mol. The molecule has 0 bridgehead atoms. The summed E-state index contributed by atoms with van der Waals surface area (Å²) in [6.45, 7) is 5.47. The summed E-state index contributed by atoms with van der Waals surface area (Å²) in [6.07, 6.45) is 2.22. The van der Waals surface area contributed by atoms with Gasteiger partial charge in [0.2, 0.25) is 5.91 Å². The minimum atomic E-state index is -0.175. The van der Waals surface area contributed by atoms with Gasteiger partial charge >= 0.3 is 0 Å². The molecule has 1 unspecified atom stereocenters. The van der Waals surface area contributed by atoms with Crippen LogP contribution in [0.5, 0.6) is 5.75 Å². The number of unbranched alkanes of at least 4 members (excludes halogenated alkanes) is 1. The molecule has 0 radical (unpaired) electrons. The largest absolute Gasteiger partial charge is 0.494 e. The first kappa shape index (κ1) is 16.5. The Labute approximate surface area is 122 Å². The first-order chi connectivity index (χ1) is 9.54. The average molecular weight is 278 g/mol. The third-order valence-corrected chi connectivity index (χ3v) is 3.11.